The van der Waals surface area contributed by atoms with Crippen molar-refractivity contribution in [2.75, 3.05) is 6.61 Å². The molecule has 0 saturated heterocycles. The first-order valence-corrected chi connectivity index (χ1v) is 7.99. The van der Waals surface area contributed by atoms with Gasteiger partial charge in [-0.1, -0.05) is 48.5 Å². The quantitative estimate of drug-likeness (QED) is 0.847. The average Bonchev–Trinajstić information content (AvgIpc) is 2.91. The molecule has 0 bridgehead atoms. The van der Waals surface area contributed by atoms with Crippen LogP contribution < -0.4 is 10.4 Å². The van der Waals surface area contributed by atoms with Gasteiger partial charge in [0, 0.05) is 5.92 Å². The SMILES string of the molecule is C[C@H](O)[C@@H](NC(=O)OCC1c2ccccc2-c2ccccc21)C(=O)[O-]. The van der Waals surface area contributed by atoms with Gasteiger partial charge in [-0.2, -0.15) is 0 Å². The Labute approximate surface area is 145 Å². The van der Waals surface area contributed by atoms with Crippen molar-refractivity contribution in [2.45, 2.75) is 25.0 Å². The molecule has 2 N–H and O–H groups in total. The van der Waals surface area contributed by atoms with Gasteiger partial charge in [0.25, 0.3) is 0 Å². The Balaban J connectivity index is 1.73. The van der Waals surface area contributed by atoms with E-state index in [1.165, 1.54) is 6.92 Å². The van der Waals surface area contributed by atoms with Gasteiger partial charge in [-0.25, -0.2) is 4.79 Å². The predicted octanol–water partition coefficient (Wildman–Crippen LogP) is 1.02. The number of rotatable bonds is 5. The van der Waals surface area contributed by atoms with E-state index in [4.69, 9.17) is 4.74 Å². The van der Waals surface area contributed by atoms with Gasteiger partial charge < -0.3 is 25.1 Å². The van der Waals surface area contributed by atoms with Crippen LogP contribution in [-0.2, 0) is 9.53 Å². The van der Waals surface area contributed by atoms with Crippen molar-refractivity contribution in [1.29, 1.82) is 0 Å². The van der Waals surface area contributed by atoms with Gasteiger partial charge in [0.1, 0.15) is 6.61 Å². The number of ether oxygens (including phenoxy) is 1. The van der Waals surface area contributed by atoms with Crippen LogP contribution in [0.5, 0.6) is 0 Å². The third-order valence-corrected chi connectivity index (χ3v) is 4.35. The third-order valence-electron chi connectivity index (χ3n) is 4.35. The second-order valence-corrected chi connectivity index (χ2v) is 6.01. The molecule has 0 fully saturated rings. The number of nitrogens with one attached hydrogen (secondary N) is 1. The second-order valence-electron chi connectivity index (χ2n) is 6.01. The van der Waals surface area contributed by atoms with Crippen molar-refractivity contribution >= 4 is 12.1 Å². The topological polar surface area (TPSA) is 98.7 Å². The van der Waals surface area contributed by atoms with E-state index in [1.54, 1.807) is 0 Å². The lowest BCUT2D eigenvalue weighted by atomic mass is 9.98. The number of amides is 1. The highest BCUT2D eigenvalue weighted by Gasteiger charge is 2.29. The molecule has 6 nitrogen and oxygen atoms in total. The number of alkyl carbamates (subject to hydrolysis) is 1. The first-order valence-electron chi connectivity index (χ1n) is 7.99. The third kappa shape index (κ3) is 3.34. The Morgan fingerprint density at radius 2 is 1.64 bits per heavy atom. The standard InChI is InChI=1S/C19H19NO5/c1-11(21)17(18(22)23)20-19(24)25-10-16-14-8-4-2-6-12(14)13-7-3-5-9-15(13)16/h2-9,11,16-17,21H,10H2,1H3,(H,20,24)(H,22,23)/p-1/t11-,17+/m0/s1. The maximum atomic E-state index is 11.9. The minimum absolute atomic E-state index is 0.0689. The molecule has 2 atom stereocenters. The number of hydrogen-bond acceptors (Lipinski definition) is 5. The smallest absolute Gasteiger partial charge is 0.407 e. The number of aliphatic hydroxyl groups excluding tert-OH is 1. The summed E-state index contributed by atoms with van der Waals surface area (Å²) in [4.78, 5) is 22.8. The summed E-state index contributed by atoms with van der Waals surface area (Å²) in [6, 6.07) is 14.3. The first-order chi connectivity index (χ1) is 12.0. The summed E-state index contributed by atoms with van der Waals surface area (Å²) in [6.07, 6.45) is -2.19. The molecule has 2 aromatic rings. The number of aliphatic hydroxyl groups is 1. The van der Waals surface area contributed by atoms with Crippen molar-refractivity contribution in [3.8, 4) is 11.1 Å². The molecular formula is C19H18NO5-. The summed E-state index contributed by atoms with van der Waals surface area (Å²) in [5.41, 5.74) is 4.32. The molecule has 25 heavy (non-hydrogen) atoms. The molecule has 6 heteroatoms. The number of fused-ring (bicyclic) bond motifs is 3. The highest BCUT2D eigenvalue weighted by atomic mass is 16.5. The highest BCUT2D eigenvalue weighted by molar-refractivity contribution is 5.80. The van der Waals surface area contributed by atoms with E-state index in [0.29, 0.717) is 0 Å². The Morgan fingerprint density at radius 3 is 2.12 bits per heavy atom. The molecule has 0 unspecified atom stereocenters. The maximum absolute atomic E-state index is 11.9. The van der Waals surface area contributed by atoms with Crippen LogP contribution in [-0.4, -0.2) is 35.9 Å². The molecule has 0 aliphatic heterocycles. The fourth-order valence-corrected chi connectivity index (χ4v) is 3.14. The maximum Gasteiger partial charge on any atom is 0.407 e. The number of carbonyl (C=O) groups is 2. The van der Waals surface area contributed by atoms with Gasteiger partial charge in [-0.3, -0.25) is 0 Å². The van der Waals surface area contributed by atoms with Crippen molar-refractivity contribution in [3.05, 3.63) is 59.7 Å². The van der Waals surface area contributed by atoms with Crippen LogP contribution in [0, 0.1) is 0 Å². The summed E-state index contributed by atoms with van der Waals surface area (Å²) in [7, 11) is 0. The molecular weight excluding hydrogens is 322 g/mol. The summed E-state index contributed by atoms with van der Waals surface area (Å²) < 4.78 is 5.22. The van der Waals surface area contributed by atoms with E-state index >= 15 is 0 Å². The number of benzene rings is 2. The van der Waals surface area contributed by atoms with E-state index < -0.39 is 24.2 Å². The predicted molar refractivity (Wildman–Crippen MR) is 88.7 cm³/mol. The molecule has 3 rings (SSSR count). The molecule has 0 heterocycles. The molecule has 1 amide bonds. The van der Waals surface area contributed by atoms with Gasteiger partial charge in [-0.05, 0) is 29.2 Å². The average molecular weight is 340 g/mol. The van der Waals surface area contributed by atoms with Crippen LogP contribution in [0.15, 0.2) is 48.5 Å². The molecule has 2 aromatic carbocycles. The summed E-state index contributed by atoms with van der Waals surface area (Å²) in [5, 5.41) is 22.4. The van der Waals surface area contributed by atoms with Gasteiger partial charge in [0.15, 0.2) is 0 Å². The lowest BCUT2D eigenvalue weighted by Gasteiger charge is -2.22. The Bertz CT molecular complexity index is 756. The fraction of sp³-hybridized carbons (Fsp3) is 0.263. The van der Waals surface area contributed by atoms with Crippen molar-refractivity contribution in [1.82, 2.24) is 5.32 Å². The molecule has 1 aliphatic rings. The Hall–Kier alpha value is -2.86. The Kier molecular flexibility index (Phi) is 4.72. The molecule has 1 aliphatic carbocycles. The summed E-state index contributed by atoms with van der Waals surface area (Å²) >= 11 is 0. The molecule has 0 saturated carbocycles. The van der Waals surface area contributed by atoms with E-state index in [0.717, 1.165) is 22.3 Å². The molecule has 0 spiro atoms. The van der Waals surface area contributed by atoms with Crippen LogP contribution in [0.25, 0.3) is 11.1 Å². The minimum Gasteiger partial charge on any atom is -0.548 e. The lowest BCUT2D eigenvalue weighted by Crippen LogP contribution is -2.53. The molecule has 0 aromatic heterocycles. The molecule has 130 valence electrons. The Morgan fingerprint density at radius 1 is 1.12 bits per heavy atom. The van der Waals surface area contributed by atoms with E-state index in [9.17, 15) is 19.8 Å². The number of hydrogen-bond donors (Lipinski definition) is 2. The van der Waals surface area contributed by atoms with Gasteiger partial charge in [-0.15, -0.1) is 0 Å². The van der Waals surface area contributed by atoms with Crippen molar-refractivity contribution in [2.24, 2.45) is 0 Å². The van der Waals surface area contributed by atoms with E-state index in [-0.39, 0.29) is 12.5 Å². The summed E-state index contributed by atoms with van der Waals surface area (Å²) in [6.45, 7) is 1.32. The van der Waals surface area contributed by atoms with Crippen LogP contribution >= 0.6 is 0 Å². The van der Waals surface area contributed by atoms with Crippen LogP contribution in [0.1, 0.15) is 24.0 Å². The van der Waals surface area contributed by atoms with Crippen molar-refractivity contribution < 1.29 is 24.5 Å². The zero-order valence-electron chi connectivity index (χ0n) is 13.6. The monoisotopic (exact) mass is 340 g/mol. The number of carbonyl (C=O) groups excluding carboxylic acids is 2. The number of aliphatic carboxylic acids is 1. The largest absolute Gasteiger partial charge is 0.548 e. The lowest BCUT2D eigenvalue weighted by molar-refractivity contribution is -0.310. The van der Waals surface area contributed by atoms with Crippen LogP contribution in [0.4, 0.5) is 4.79 Å². The normalized spacial score (nSPS) is 15.0. The number of carboxylic acids is 1. The fourth-order valence-electron chi connectivity index (χ4n) is 3.14. The van der Waals surface area contributed by atoms with Gasteiger partial charge in [0.05, 0.1) is 18.1 Å². The van der Waals surface area contributed by atoms with Crippen molar-refractivity contribution in [3.63, 3.8) is 0 Å². The zero-order valence-corrected chi connectivity index (χ0v) is 13.6. The summed E-state index contributed by atoms with van der Waals surface area (Å²) in [5.74, 6) is -1.69. The van der Waals surface area contributed by atoms with Gasteiger partial charge >= 0.3 is 6.09 Å². The van der Waals surface area contributed by atoms with Gasteiger partial charge in [0.2, 0.25) is 0 Å². The zero-order chi connectivity index (χ0) is 18.0. The molecule has 0 radical (unpaired) electrons. The highest BCUT2D eigenvalue weighted by Crippen LogP contribution is 2.44. The second kappa shape index (κ2) is 6.94. The number of carboxylic acid groups (broad SMARTS) is 1. The first kappa shape index (κ1) is 17.0. The minimum atomic E-state index is -1.57. The van der Waals surface area contributed by atoms with E-state index in [1.807, 2.05) is 48.5 Å². The van der Waals surface area contributed by atoms with E-state index in [2.05, 4.69) is 5.32 Å². The van der Waals surface area contributed by atoms with Crippen LogP contribution in [0.2, 0.25) is 0 Å². The van der Waals surface area contributed by atoms with Crippen LogP contribution in [0.3, 0.4) is 0 Å².